The van der Waals surface area contributed by atoms with Gasteiger partial charge in [0.25, 0.3) is 0 Å². The second-order valence-electron chi connectivity index (χ2n) is 6.89. The number of rotatable bonds is 5. The maximum absolute atomic E-state index is 12.6. The van der Waals surface area contributed by atoms with Gasteiger partial charge in [-0.05, 0) is 37.1 Å². The van der Waals surface area contributed by atoms with E-state index in [4.69, 9.17) is 4.74 Å². The van der Waals surface area contributed by atoms with Crippen molar-refractivity contribution in [3.05, 3.63) is 24.3 Å². The van der Waals surface area contributed by atoms with E-state index in [-0.39, 0.29) is 34.8 Å². The third kappa shape index (κ3) is 4.71. The minimum Gasteiger partial charge on any atom is -0.379 e. The predicted molar refractivity (Wildman–Crippen MR) is 102 cm³/mol. The monoisotopic (exact) mass is 431 g/mol. The third-order valence-electron chi connectivity index (χ3n) is 5.00. The van der Waals surface area contributed by atoms with Gasteiger partial charge in [-0.25, -0.2) is 21.6 Å². The zero-order valence-electron chi connectivity index (χ0n) is 15.7. The number of hydrogen-bond donors (Lipinski definition) is 1. The van der Waals surface area contributed by atoms with Crippen molar-refractivity contribution >= 4 is 26.0 Å². The van der Waals surface area contributed by atoms with E-state index in [0.717, 1.165) is 0 Å². The fourth-order valence-corrected chi connectivity index (χ4v) is 6.04. The zero-order chi connectivity index (χ0) is 20.4. The molecule has 0 aromatic heterocycles. The zero-order valence-corrected chi connectivity index (χ0v) is 17.3. The lowest BCUT2D eigenvalue weighted by Gasteiger charge is -2.31. The van der Waals surface area contributed by atoms with E-state index >= 15 is 0 Å². The SMILES string of the molecule is CC(=O)N1CCC(NS(=O)(=O)c2ccc(S(=O)(=O)N3CCOCC3)cc2)CC1. The first-order chi connectivity index (χ1) is 13.2. The average Bonchev–Trinajstić information content (AvgIpc) is 2.69. The van der Waals surface area contributed by atoms with Crippen LogP contribution < -0.4 is 4.72 Å². The van der Waals surface area contributed by atoms with Crippen LogP contribution in [0.15, 0.2) is 34.1 Å². The van der Waals surface area contributed by atoms with Crippen LogP contribution in [0.5, 0.6) is 0 Å². The molecule has 0 atom stereocenters. The Labute approximate surface area is 165 Å². The van der Waals surface area contributed by atoms with Crippen LogP contribution in [0.1, 0.15) is 19.8 Å². The van der Waals surface area contributed by atoms with Crippen molar-refractivity contribution in [3.63, 3.8) is 0 Å². The molecule has 1 aromatic carbocycles. The minimum absolute atomic E-state index is 0.0154. The first kappa shape index (κ1) is 21.2. The molecule has 2 aliphatic rings. The largest absolute Gasteiger partial charge is 0.379 e. The van der Waals surface area contributed by atoms with E-state index < -0.39 is 20.0 Å². The number of likely N-dealkylation sites (tertiary alicyclic amines) is 1. The van der Waals surface area contributed by atoms with Crippen LogP contribution in [0.25, 0.3) is 0 Å². The van der Waals surface area contributed by atoms with Gasteiger partial charge in [0, 0.05) is 39.1 Å². The molecule has 1 aromatic rings. The average molecular weight is 432 g/mol. The van der Waals surface area contributed by atoms with E-state index in [1.165, 1.54) is 35.5 Å². The molecule has 0 unspecified atom stereocenters. The molecule has 2 fully saturated rings. The lowest BCUT2D eigenvalue weighted by Crippen LogP contribution is -2.45. The molecule has 28 heavy (non-hydrogen) atoms. The number of nitrogens with zero attached hydrogens (tertiary/aromatic N) is 2. The maximum atomic E-state index is 12.6. The van der Waals surface area contributed by atoms with Gasteiger partial charge in [0.1, 0.15) is 0 Å². The van der Waals surface area contributed by atoms with Gasteiger partial charge in [-0.15, -0.1) is 0 Å². The molecule has 0 bridgehead atoms. The summed E-state index contributed by atoms with van der Waals surface area (Å²) in [6.07, 6.45) is 1.09. The van der Waals surface area contributed by atoms with Crippen molar-refractivity contribution in [2.24, 2.45) is 0 Å². The number of carbonyl (C=O) groups excluding carboxylic acids is 1. The first-order valence-corrected chi connectivity index (χ1v) is 12.1. The topological polar surface area (TPSA) is 113 Å². The molecule has 2 saturated heterocycles. The van der Waals surface area contributed by atoms with Gasteiger partial charge in [0.15, 0.2) is 0 Å². The van der Waals surface area contributed by atoms with Gasteiger partial charge in [-0.1, -0.05) is 0 Å². The van der Waals surface area contributed by atoms with Gasteiger partial charge >= 0.3 is 0 Å². The smallest absolute Gasteiger partial charge is 0.243 e. The van der Waals surface area contributed by atoms with E-state index in [2.05, 4.69) is 4.72 Å². The second-order valence-corrected chi connectivity index (χ2v) is 10.5. The number of benzene rings is 1. The Morgan fingerprint density at radius 3 is 2.04 bits per heavy atom. The molecule has 0 saturated carbocycles. The highest BCUT2D eigenvalue weighted by atomic mass is 32.2. The maximum Gasteiger partial charge on any atom is 0.243 e. The minimum atomic E-state index is -3.77. The van der Waals surface area contributed by atoms with Crippen molar-refractivity contribution in [2.45, 2.75) is 35.6 Å². The number of carbonyl (C=O) groups is 1. The van der Waals surface area contributed by atoms with Crippen LogP contribution in [-0.4, -0.2) is 77.4 Å². The summed E-state index contributed by atoms with van der Waals surface area (Å²) in [4.78, 5) is 13.1. The fraction of sp³-hybridized carbons (Fsp3) is 0.588. The van der Waals surface area contributed by atoms with Crippen LogP contribution in [0, 0.1) is 0 Å². The molecule has 3 rings (SSSR count). The molecule has 2 aliphatic heterocycles. The van der Waals surface area contributed by atoms with Crippen molar-refractivity contribution in [3.8, 4) is 0 Å². The standard InChI is InChI=1S/C17H25N3O6S2/c1-14(21)19-8-6-15(7-9-19)18-27(22,23)16-2-4-17(5-3-16)28(24,25)20-10-12-26-13-11-20/h2-5,15,18H,6-13H2,1H3. The lowest BCUT2D eigenvalue weighted by molar-refractivity contribution is -0.129. The first-order valence-electron chi connectivity index (χ1n) is 9.16. The lowest BCUT2D eigenvalue weighted by atomic mass is 10.1. The number of ether oxygens (including phenoxy) is 1. The Kier molecular flexibility index (Phi) is 6.40. The van der Waals surface area contributed by atoms with E-state index in [0.29, 0.717) is 39.1 Å². The summed E-state index contributed by atoms with van der Waals surface area (Å²) in [5.41, 5.74) is 0. The van der Waals surface area contributed by atoms with Crippen LogP contribution in [0.4, 0.5) is 0 Å². The van der Waals surface area contributed by atoms with Crippen LogP contribution in [-0.2, 0) is 29.6 Å². The Morgan fingerprint density at radius 1 is 0.964 bits per heavy atom. The quantitative estimate of drug-likeness (QED) is 0.702. The van der Waals surface area contributed by atoms with Gasteiger partial charge in [0.2, 0.25) is 26.0 Å². The summed E-state index contributed by atoms with van der Waals surface area (Å²) >= 11 is 0. The molecule has 9 nitrogen and oxygen atoms in total. The molecule has 2 heterocycles. The summed E-state index contributed by atoms with van der Waals surface area (Å²) in [5.74, 6) is -0.0154. The fourth-order valence-electron chi connectivity index (χ4n) is 3.33. The second kappa shape index (κ2) is 8.46. The number of nitrogens with one attached hydrogen (secondary N) is 1. The molecule has 0 radical (unpaired) electrons. The van der Waals surface area contributed by atoms with Crippen LogP contribution in [0.2, 0.25) is 0 Å². The summed E-state index contributed by atoms with van der Waals surface area (Å²) in [6, 6.07) is 4.99. The highest BCUT2D eigenvalue weighted by molar-refractivity contribution is 7.89. The van der Waals surface area contributed by atoms with Gasteiger partial charge in [-0.3, -0.25) is 4.79 Å². The summed E-state index contributed by atoms with van der Waals surface area (Å²) in [5, 5.41) is 0. The molecule has 0 aliphatic carbocycles. The summed E-state index contributed by atoms with van der Waals surface area (Å²) in [6.45, 7) is 3.78. The summed E-state index contributed by atoms with van der Waals surface area (Å²) in [7, 11) is -7.43. The predicted octanol–water partition coefficient (Wildman–Crippen LogP) is -0.00330. The molecule has 1 N–H and O–H groups in total. The Hall–Kier alpha value is -1.53. The number of piperidine rings is 1. The van der Waals surface area contributed by atoms with Gasteiger partial charge < -0.3 is 9.64 Å². The van der Waals surface area contributed by atoms with Crippen molar-refractivity contribution in [1.82, 2.24) is 13.9 Å². The Balaban J connectivity index is 1.67. The Bertz CT molecular complexity index is 901. The molecule has 1 amide bonds. The number of hydrogen-bond acceptors (Lipinski definition) is 6. The number of amides is 1. The summed E-state index contributed by atoms with van der Waals surface area (Å²) < 4.78 is 59.6. The normalized spacial score (nSPS) is 20.2. The number of morpholine rings is 1. The van der Waals surface area contributed by atoms with Crippen LogP contribution in [0.3, 0.4) is 0 Å². The molecular weight excluding hydrogens is 406 g/mol. The third-order valence-corrected chi connectivity index (χ3v) is 8.45. The van der Waals surface area contributed by atoms with Gasteiger partial charge in [0.05, 0.1) is 23.0 Å². The molecule has 11 heteroatoms. The van der Waals surface area contributed by atoms with Crippen LogP contribution >= 0.6 is 0 Å². The molecule has 0 spiro atoms. The van der Waals surface area contributed by atoms with Gasteiger partial charge in [-0.2, -0.15) is 4.31 Å². The van der Waals surface area contributed by atoms with E-state index in [1.54, 1.807) is 4.90 Å². The van der Waals surface area contributed by atoms with E-state index in [9.17, 15) is 21.6 Å². The molecular formula is C17H25N3O6S2. The highest BCUT2D eigenvalue weighted by Gasteiger charge is 2.28. The number of sulfonamides is 2. The van der Waals surface area contributed by atoms with Crippen molar-refractivity contribution < 1.29 is 26.4 Å². The Morgan fingerprint density at radius 2 is 1.50 bits per heavy atom. The van der Waals surface area contributed by atoms with Crippen molar-refractivity contribution in [2.75, 3.05) is 39.4 Å². The van der Waals surface area contributed by atoms with E-state index in [1.807, 2.05) is 0 Å². The highest BCUT2D eigenvalue weighted by Crippen LogP contribution is 2.20. The molecule has 156 valence electrons. The van der Waals surface area contributed by atoms with Crippen molar-refractivity contribution in [1.29, 1.82) is 0 Å².